The van der Waals surface area contributed by atoms with Gasteiger partial charge in [0.15, 0.2) is 11.5 Å². The Balaban J connectivity index is 2.04. The van der Waals surface area contributed by atoms with Crippen molar-refractivity contribution in [3.05, 3.63) is 51.7 Å². The average Bonchev–Trinajstić information content (AvgIpc) is 3.20. The van der Waals surface area contributed by atoms with Crippen LogP contribution in [-0.4, -0.2) is 24.5 Å². The normalized spacial score (nSPS) is 13.9. The Bertz CT molecular complexity index is 822. The van der Waals surface area contributed by atoms with Crippen LogP contribution in [0.3, 0.4) is 0 Å². The van der Waals surface area contributed by atoms with Gasteiger partial charge in [0.25, 0.3) is 5.78 Å². The Morgan fingerprint density at radius 3 is 2.54 bits per heavy atom. The Morgan fingerprint density at radius 2 is 1.88 bits per heavy atom. The maximum atomic E-state index is 12.8. The first-order valence-electron chi connectivity index (χ1n) is 6.67. The standard InChI is InChI=1S/C16H9F3O4S/c17-16(18,19)15(21)10(14(20)13-2-1-5-24-13)6-9-3-4-11-12(7-9)23-8-22-11/h1-7H,8H2. The lowest BCUT2D eigenvalue weighted by Gasteiger charge is -2.08. The predicted octanol–water partition coefficient (Wildman–Crippen LogP) is 3.87. The Labute approximate surface area is 138 Å². The Kier molecular flexibility index (Phi) is 4.15. The van der Waals surface area contributed by atoms with Gasteiger partial charge in [-0.1, -0.05) is 12.1 Å². The van der Waals surface area contributed by atoms with E-state index >= 15 is 0 Å². The van der Waals surface area contributed by atoms with Crippen molar-refractivity contribution >= 4 is 29.0 Å². The van der Waals surface area contributed by atoms with E-state index in [0.717, 1.165) is 17.4 Å². The van der Waals surface area contributed by atoms with Crippen LogP contribution in [0, 0.1) is 0 Å². The second-order valence-corrected chi connectivity index (χ2v) is 5.75. The summed E-state index contributed by atoms with van der Waals surface area (Å²) >= 11 is 0.963. The van der Waals surface area contributed by atoms with Crippen molar-refractivity contribution in [2.75, 3.05) is 6.79 Å². The van der Waals surface area contributed by atoms with Crippen molar-refractivity contribution in [3.63, 3.8) is 0 Å². The molecule has 0 saturated heterocycles. The molecule has 0 aliphatic carbocycles. The zero-order valence-corrected chi connectivity index (χ0v) is 12.7. The summed E-state index contributed by atoms with van der Waals surface area (Å²) in [6.45, 7) is 0.00493. The fraction of sp³-hybridized carbons (Fsp3) is 0.125. The zero-order chi connectivity index (χ0) is 17.3. The number of carbonyl (C=O) groups is 2. The summed E-state index contributed by atoms with van der Waals surface area (Å²) < 4.78 is 48.8. The number of ketones is 2. The van der Waals surface area contributed by atoms with Gasteiger partial charge in [-0.05, 0) is 35.2 Å². The number of ether oxygens (including phenoxy) is 2. The second kappa shape index (κ2) is 6.12. The lowest BCUT2D eigenvalue weighted by Crippen LogP contribution is -2.28. The SMILES string of the molecule is O=C(C(=Cc1ccc2c(c1)OCO2)C(=O)C(F)(F)F)c1cccs1. The van der Waals surface area contributed by atoms with Gasteiger partial charge in [-0.2, -0.15) is 13.2 Å². The third-order valence-corrected chi connectivity index (χ3v) is 4.07. The third-order valence-electron chi connectivity index (χ3n) is 3.20. The molecule has 24 heavy (non-hydrogen) atoms. The topological polar surface area (TPSA) is 52.6 Å². The number of alkyl halides is 3. The number of halogens is 3. The van der Waals surface area contributed by atoms with E-state index in [1.807, 2.05) is 0 Å². The lowest BCUT2D eigenvalue weighted by atomic mass is 10.0. The van der Waals surface area contributed by atoms with E-state index in [2.05, 4.69) is 0 Å². The molecule has 4 nitrogen and oxygen atoms in total. The van der Waals surface area contributed by atoms with E-state index in [0.29, 0.717) is 11.5 Å². The van der Waals surface area contributed by atoms with Gasteiger partial charge in [-0.3, -0.25) is 9.59 Å². The minimum absolute atomic E-state index is 0.00493. The molecule has 1 aliphatic heterocycles. The van der Waals surface area contributed by atoms with Gasteiger partial charge in [0.05, 0.1) is 10.5 Å². The highest BCUT2D eigenvalue weighted by molar-refractivity contribution is 7.12. The number of hydrogen-bond donors (Lipinski definition) is 0. The molecule has 0 amide bonds. The molecule has 1 aromatic carbocycles. The first kappa shape index (κ1) is 16.3. The van der Waals surface area contributed by atoms with Crippen LogP contribution < -0.4 is 9.47 Å². The van der Waals surface area contributed by atoms with Crippen LogP contribution in [0.5, 0.6) is 11.5 Å². The molecule has 0 unspecified atom stereocenters. The van der Waals surface area contributed by atoms with E-state index in [1.165, 1.54) is 30.3 Å². The fourth-order valence-electron chi connectivity index (χ4n) is 2.10. The number of carbonyl (C=O) groups excluding carboxylic acids is 2. The first-order valence-corrected chi connectivity index (χ1v) is 7.55. The number of hydrogen-bond acceptors (Lipinski definition) is 5. The molecule has 0 bridgehead atoms. The van der Waals surface area contributed by atoms with Gasteiger partial charge in [0.2, 0.25) is 12.6 Å². The molecule has 1 aliphatic rings. The third kappa shape index (κ3) is 3.18. The minimum atomic E-state index is -5.14. The zero-order valence-electron chi connectivity index (χ0n) is 11.9. The molecular formula is C16H9F3O4S. The smallest absolute Gasteiger partial charge is 0.454 e. The van der Waals surface area contributed by atoms with Crippen molar-refractivity contribution in [3.8, 4) is 11.5 Å². The molecular weight excluding hydrogens is 345 g/mol. The molecule has 0 atom stereocenters. The van der Waals surface area contributed by atoms with Crippen LogP contribution in [-0.2, 0) is 4.79 Å². The second-order valence-electron chi connectivity index (χ2n) is 4.80. The summed E-state index contributed by atoms with van der Waals surface area (Å²) in [5.74, 6) is -2.37. The number of allylic oxidation sites excluding steroid dienone is 1. The molecule has 0 saturated carbocycles. The summed E-state index contributed by atoms with van der Waals surface area (Å²) in [6.07, 6.45) is -4.23. The van der Waals surface area contributed by atoms with Gasteiger partial charge >= 0.3 is 6.18 Å². The van der Waals surface area contributed by atoms with Crippen LogP contribution in [0.4, 0.5) is 13.2 Å². The summed E-state index contributed by atoms with van der Waals surface area (Å²) in [6, 6.07) is 7.24. The molecule has 8 heteroatoms. The number of benzene rings is 1. The highest BCUT2D eigenvalue weighted by Gasteiger charge is 2.43. The number of thiophene rings is 1. The summed E-state index contributed by atoms with van der Waals surface area (Å²) in [4.78, 5) is 24.0. The first-order chi connectivity index (χ1) is 11.4. The quantitative estimate of drug-likeness (QED) is 0.362. The highest BCUT2D eigenvalue weighted by atomic mass is 32.1. The minimum Gasteiger partial charge on any atom is -0.454 e. The van der Waals surface area contributed by atoms with Gasteiger partial charge < -0.3 is 9.47 Å². The van der Waals surface area contributed by atoms with E-state index in [1.54, 1.807) is 5.38 Å². The maximum Gasteiger partial charge on any atom is 0.455 e. The van der Waals surface area contributed by atoms with Gasteiger partial charge in [-0.15, -0.1) is 11.3 Å². The van der Waals surface area contributed by atoms with Gasteiger partial charge in [-0.25, -0.2) is 0 Å². The number of fused-ring (bicyclic) bond motifs is 1. The van der Waals surface area contributed by atoms with E-state index < -0.39 is 23.3 Å². The highest BCUT2D eigenvalue weighted by Crippen LogP contribution is 2.34. The van der Waals surface area contributed by atoms with Crippen molar-refractivity contribution < 1.29 is 32.2 Å². The monoisotopic (exact) mass is 354 g/mol. The number of rotatable bonds is 4. The average molecular weight is 354 g/mol. The van der Waals surface area contributed by atoms with Crippen molar-refractivity contribution in [2.45, 2.75) is 6.18 Å². The summed E-state index contributed by atoms with van der Waals surface area (Å²) in [5.41, 5.74) is -0.708. The molecule has 1 aromatic heterocycles. The summed E-state index contributed by atoms with van der Waals surface area (Å²) in [7, 11) is 0. The predicted molar refractivity (Wildman–Crippen MR) is 80.3 cm³/mol. The summed E-state index contributed by atoms with van der Waals surface area (Å²) in [5, 5.41) is 1.55. The maximum absolute atomic E-state index is 12.8. The molecule has 0 radical (unpaired) electrons. The van der Waals surface area contributed by atoms with Crippen LogP contribution >= 0.6 is 11.3 Å². The van der Waals surface area contributed by atoms with Crippen LogP contribution in [0.2, 0.25) is 0 Å². The van der Waals surface area contributed by atoms with Crippen molar-refractivity contribution in [1.82, 2.24) is 0 Å². The van der Waals surface area contributed by atoms with Crippen LogP contribution in [0.25, 0.3) is 6.08 Å². The van der Waals surface area contributed by atoms with Gasteiger partial charge in [0.1, 0.15) is 0 Å². The fourth-order valence-corrected chi connectivity index (χ4v) is 2.77. The number of Topliss-reactive ketones (excluding diaryl/α,β-unsaturated/α-hetero) is 2. The van der Waals surface area contributed by atoms with E-state index in [4.69, 9.17) is 9.47 Å². The lowest BCUT2D eigenvalue weighted by molar-refractivity contribution is -0.166. The van der Waals surface area contributed by atoms with Gasteiger partial charge in [0, 0.05) is 0 Å². The molecule has 124 valence electrons. The Hall–Kier alpha value is -2.61. The van der Waals surface area contributed by atoms with Crippen molar-refractivity contribution in [1.29, 1.82) is 0 Å². The van der Waals surface area contributed by atoms with E-state index in [9.17, 15) is 22.8 Å². The molecule has 2 aromatic rings. The largest absolute Gasteiger partial charge is 0.455 e. The molecule has 2 heterocycles. The molecule has 0 N–H and O–H groups in total. The van der Waals surface area contributed by atoms with Crippen LogP contribution in [0.15, 0.2) is 41.3 Å². The van der Waals surface area contributed by atoms with Crippen LogP contribution in [0.1, 0.15) is 15.2 Å². The molecule has 0 spiro atoms. The Morgan fingerprint density at radius 1 is 1.12 bits per heavy atom. The molecule has 3 rings (SSSR count). The van der Waals surface area contributed by atoms with E-state index in [-0.39, 0.29) is 17.2 Å². The molecule has 0 fully saturated rings. The van der Waals surface area contributed by atoms with Crippen molar-refractivity contribution in [2.24, 2.45) is 0 Å².